The molecule has 0 atom stereocenters. The number of rotatable bonds is 2. The SMILES string of the molecule is C=CCc1cccc(C(F)(F)F)c1.CC. The summed E-state index contributed by atoms with van der Waals surface area (Å²) >= 11 is 0. The quantitative estimate of drug-likeness (QED) is 0.640. The molecule has 0 radical (unpaired) electrons. The molecule has 0 aliphatic carbocycles. The van der Waals surface area contributed by atoms with Crippen LogP contribution in [0.4, 0.5) is 13.2 Å². The van der Waals surface area contributed by atoms with Gasteiger partial charge in [-0.15, -0.1) is 6.58 Å². The van der Waals surface area contributed by atoms with E-state index in [1.807, 2.05) is 13.8 Å². The van der Waals surface area contributed by atoms with E-state index >= 15 is 0 Å². The highest BCUT2D eigenvalue weighted by atomic mass is 19.4. The van der Waals surface area contributed by atoms with E-state index in [4.69, 9.17) is 0 Å². The van der Waals surface area contributed by atoms with Crippen molar-refractivity contribution in [1.29, 1.82) is 0 Å². The largest absolute Gasteiger partial charge is 0.416 e. The molecule has 0 fully saturated rings. The predicted molar refractivity (Wildman–Crippen MR) is 56.7 cm³/mol. The minimum Gasteiger partial charge on any atom is -0.166 e. The second-order valence-corrected chi connectivity index (χ2v) is 2.69. The molecular weight excluding hydrogens is 201 g/mol. The number of alkyl halides is 3. The molecule has 84 valence electrons. The van der Waals surface area contributed by atoms with Crippen LogP contribution in [0.15, 0.2) is 36.9 Å². The summed E-state index contributed by atoms with van der Waals surface area (Å²) in [7, 11) is 0. The van der Waals surface area contributed by atoms with Gasteiger partial charge in [-0.25, -0.2) is 0 Å². The first-order chi connectivity index (χ1) is 7.04. The fraction of sp³-hybridized carbons (Fsp3) is 0.333. The minimum atomic E-state index is -4.25. The lowest BCUT2D eigenvalue weighted by atomic mass is 10.1. The van der Waals surface area contributed by atoms with Crippen LogP contribution in [-0.2, 0) is 12.6 Å². The van der Waals surface area contributed by atoms with Crippen molar-refractivity contribution in [3.8, 4) is 0 Å². The average molecular weight is 216 g/mol. The van der Waals surface area contributed by atoms with Gasteiger partial charge in [0.1, 0.15) is 0 Å². The van der Waals surface area contributed by atoms with Crippen molar-refractivity contribution < 1.29 is 13.2 Å². The maximum absolute atomic E-state index is 12.2. The molecule has 15 heavy (non-hydrogen) atoms. The van der Waals surface area contributed by atoms with Crippen molar-refractivity contribution in [2.75, 3.05) is 0 Å². The molecule has 0 saturated carbocycles. The number of hydrogen-bond donors (Lipinski definition) is 0. The van der Waals surface area contributed by atoms with Crippen molar-refractivity contribution in [3.05, 3.63) is 48.0 Å². The van der Waals surface area contributed by atoms with E-state index in [-0.39, 0.29) is 0 Å². The zero-order chi connectivity index (χ0) is 11.9. The molecular formula is C12H15F3. The van der Waals surface area contributed by atoms with Crippen LogP contribution < -0.4 is 0 Å². The lowest BCUT2D eigenvalue weighted by Crippen LogP contribution is -2.04. The Bertz CT molecular complexity index is 300. The Labute approximate surface area is 88.4 Å². The van der Waals surface area contributed by atoms with E-state index in [1.54, 1.807) is 12.1 Å². The Morgan fingerprint density at radius 2 is 1.87 bits per heavy atom. The van der Waals surface area contributed by atoms with E-state index < -0.39 is 11.7 Å². The molecule has 0 aliphatic heterocycles. The molecule has 1 aromatic carbocycles. The predicted octanol–water partition coefficient (Wildman–Crippen LogP) is 4.46. The maximum atomic E-state index is 12.2. The first-order valence-corrected chi connectivity index (χ1v) is 4.81. The van der Waals surface area contributed by atoms with Crippen LogP contribution in [-0.4, -0.2) is 0 Å². The summed E-state index contributed by atoms with van der Waals surface area (Å²) in [6, 6.07) is 5.26. The summed E-state index contributed by atoms with van der Waals surface area (Å²) in [6.45, 7) is 7.47. The van der Waals surface area contributed by atoms with Crippen LogP contribution >= 0.6 is 0 Å². The number of benzene rings is 1. The summed E-state index contributed by atoms with van der Waals surface area (Å²) in [6.07, 6.45) is -2.21. The summed E-state index contributed by atoms with van der Waals surface area (Å²) in [5.74, 6) is 0. The molecule has 3 heteroatoms. The van der Waals surface area contributed by atoms with Crippen LogP contribution in [0, 0.1) is 0 Å². The molecule has 0 spiro atoms. The van der Waals surface area contributed by atoms with Crippen LogP contribution in [0.5, 0.6) is 0 Å². The van der Waals surface area contributed by atoms with Gasteiger partial charge in [-0.1, -0.05) is 38.1 Å². The molecule has 0 aliphatic rings. The van der Waals surface area contributed by atoms with Crippen molar-refractivity contribution in [2.45, 2.75) is 26.4 Å². The third-order valence-electron chi connectivity index (χ3n) is 1.63. The average Bonchev–Trinajstić information content (AvgIpc) is 2.21. The van der Waals surface area contributed by atoms with Gasteiger partial charge in [-0.3, -0.25) is 0 Å². The Balaban J connectivity index is 0.000000921. The summed E-state index contributed by atoms with van der Waals surface area (Å²) in [5, 5.41) is 0. The van der Waals surface area contributed by atoms with Crippen LogP contribution in [0.2, 0.25) is 0 Å². The Kier molecular flexibility index (Phi) is 5.75. The molecule has 0 unspecified atom stereocenters. The molecule has 0 N–H and O–H groups in total. The van der Waals surface area contributed by atoms with Gasteiger partial charge in [0.25, 0.3) is 0 Å². The monoisotopic (exact) mass is 216 g/mol. The second kappa shape index (κ2) is 6.27. The first-order valence-electron chi connectivity index (χ1n) is 4.81. The summed E-state index contributed by atoms with van der Waals surface area (Å²) in [5.41, 5.74) is 0.0247. The second-order valence-electron chi connectivity index (χ2n) is 2.69. The van der Waals surface area contributed by atoms with Gasteiger partial charge < -0.3 is 0 Å². The highest BCUT2D eigenvalue weighted by molar-refractivity contribution is 5.26. The molecule has 0 aromatic heterocycles. The van der Waals surface area contributed by atoms with E-state index in [0.717, 1.165) is 12.1 Å². The zero-order valence-electron chi connectivity index (χ0n) is 8.93. The Morgan fingerprint density at radius 1 is 1.27 bits per heavy atom. The van der Waals surface area contributed by atoms with Gasteiger partial charge in [-0.05, 0) is 18.1 Å². The van der Waals surface area contributed by atoms with Crippen molar-refractivity contribution in [2.24, 2.45) is 0 Å². The van der Waals surface area contributed by atoms with Gasteiger partial charge in [0.2, 0.25) is 0 Å². The van der Waals surface area contributed by atoms with Gasteiger partial charge in [0.15, 0.2) is 0 Å². The van der Waals surface area contributed by atoms with E-state index in [9.17, 15) is 13.2 Å². The fourth-order valence-electron chi connectivity index (χ4n) is 1.04. The van der Waals surface area contributed by atoms with E-state index in [2.05, 4.69) is 6.58 Å². The summed E-state index contributed by atoms with van der Waals surface area (Å²) < 4.78 is 36.5. The van der Waals surface area contributed by atoms with Gasteiger partial charge in [-0.2, -0.15) is 13.2 Å². The Morgan fingerprint density at radius 3 is 2.33 bits per heavy atom. The fourth-order valence-corrected chi connectivity index (χ4v) is 1.04. The third-order valence-corrected chi connectivity index (χ3v) is 1.63. The lowest BCUT2D eigenvalue weighted by Gasteiger charge is -2.07. The van der Waals surface area contributed by atoms with Crippen molar-refractivity contribution >= 4 is 0 Å². The van der Waals surface area contributed by atoms with E-state index in [1.165, 1.54) is 6.07 Å². The lowest BCUT2D eigenvalue weighted by molar-refractivity contribution is -0.137. The molecule has 0 saturated heterocycles. The Hall–Kier alpha value is -1.25. The molecule has 1 rings (SSSR count). The van der Waals surface area contributed by atoms with Crippen LogP contribution in [0.3, 0.4) is 0 Å². The van der Waals surface area contributed by atoms with Gasteiger partial charge in [0, 0.05) is 0 Å². The number of allylic oxidation sites excluding steroid dienone is 1. The van der Waals surface area contributed by atoms with Crippen LogP contribution in [0.25, 0.3) is 0 Å². The van der Waals surface area contributed by atoms with Crippen molar-refractivity contribution in [1.82, 2.24) is 0 Å². The molecule has 0 bridgehead atoms. The first kappa shape index (κ1) is 13.8. The highest BCUT2D eigenvalue weighted by Gasteiger charge is 2.30. The minimum absolute atomic E-state index is 0.462. The smallest absolute Gasteiger partial charge is 0.166 e. The standard InChI is InChI=1S/C10H9F3.C2H6/c1-2-4-8-5-3-6-9(7-8)10(11,12)13;1-2/h2-3,5-7H,1,4H2;1-2H3. The molecule has 1 aromatic rings. The third kappa shape index (κ3) is 4.68. The molecule has 0 heterocycles. The van der Waals surface area contributed by atoms with Gasteiger partial charge in [0.05, 0.1) is 5.56 Å². The van der Waals surface area contributed by atoms with Crippen LogP contribution in [0.1, 0.15) is 25.0 Å². The zero-order valence-corrected chi connectivity index (χ0v) is 8.93. The summed E-state index contributed by atoms with van der Waals surface area (Å²) in [4.78, 5) is 0. The molecule has 0 amide bonds. The topological polar surface area (TPSA) is 0 Å². The number of halogens is 3. The van der Waals surface area contributed by atoms with Gasteiger partial charge >= 0.3 is 6.18 Å². The normalized spacial score (nSPS) is 10.2. The highest BCUT2D eigenvalue weighted by Crippen LogP contribution is 2.29. The molecule has 0 nitrogen and oxygen atoms in total. The van der Waals surface area contributed by atoms with E-state index in [0.29, 0.717) is 12.0 Å². The number of hydrogen-bond acceptors (Lipinski definition) is 0. The van der Waals surface area contributed by atoms with Crippen molar-refractivity contribution in [3.63, 3.8) is 0 Å². The maximum Gasteiger partial charge on any atom is 0.416 e.